The lowest BCUT2D eigenvalue weighted by molar-refractivity contribution is -0.141. The minimum Gasteiger partial charge on any atom is -0.475 e. The summed E-state index contributed by atoms with van der Waals surface area (Å²) in [6.07, 6.45) is -4.60. The number of aliphatic hydroxyl groups excluding tert-OH is 1. The summed E-state index contributed by atoms with van der Waals surface area (Å²) in [7, 11) is -2.09. The fourth-order valence-corrected chi connectivity index (χ4v) is 3.26. The van der Waals surface area contributed by atoms with Gasteiger partial charge in [-0.25, -0.2) is 4.98 Å². The molecular formula is C15H25F3N2O2Si. The van der Waals surface area contributed by atoms with Crippen molar-refractivity contribution in [3.63, 3.8) is 0 Å². The van der Waals surface area contributed by atoms with Crippen molar-refractivity contribution in [1.29, 1.82) is 0 Å². The molecule has 4 nitrogen and oxygen atoms in total. The van der Waals surface area contributed by atoms with Crippen molar-refractivity contribution < 1.29 is 23.0 Å². The van der Waals surface area contributed by atoms with Crippen molar-refractivity contribution in [1.82, 2.24) is 4.98 Å². The number of anilines is 1. The first-order valence-electron chi connectivity index (χ1n) is 7.33. The number of hydrogen-bond acceptors (Lipinski definition) is 4. The van der Waals surface area contributed by atoms with Gasteiger partial charge in [-0.1, -0.05) is 33.9 Å². The summed E-state index contributed by atoms with van der Waals surface area (Å²) in [6, 6.07) is 0.784. The minimum atomic E-state index is -4.60. The second-order valence-electron chi connectivity index (χ2n) is 7.32. The Bertz CT molecular complexity index is 569. The van der Waals surface area contributed by atoms with E-state index in [0.717, 1.165) is 6.07 Å². The molecule has 3 N–H and O–H groups in total. The number of nitrogens with two attached hydrogens (primary N) is 1. The van der Waals surface area contributed by atoms with Crippen LogP contribution in [0.2, 0.25) is 18.1 Å². The lowest BCUT2D eigenvalue weighted by Gasteiger charge is -2.40. The second-order valence-corrected chi connectivity index (χ2v) is 12.9. The SMILES string of the molecule is Cc1c(N)cc(C(F)(F)F)nc1OCC(O)[Si](C)(C)C(C)(C)C. The van der Waals surface area contributed by atoms with Crippen LogP contribution in [-0.4, -0.2) is 30.5 Å². The highest BCUT2D eigenvalue weighted by Crippen LogP contribution is 2.38. The molecule has 0 saturated heterocycles. The van der Waals surface area contributed by atoms with Gasteiger partial charge in [0.25, 0.3) is 0 Å². The van der Waals surface area contributed by atoms with Gasteiger partial charge in [0.2, 0.25) is 5.88 Å². The summed E-state index contributed by atoms with van der Waals surface area (Å²) in [5.74, 6) is -0.185. The number of pyridine rings is 1. The number of nitrogens with zero attached hydrogens (tertiary/aromatic N) is 1. The Hall–Kier alpha value is -1.28. The van der Waals surface area contributed by atoms with Crippen LogP contribution in [0, 0.1) is 6.92 Å². The predicted molar refractivity (Wildman–Crippen MR) is 87.1 cm³/mol. The summed E-state index contributed by atoms with van der Waals surface area (Å²) in [5.41, 5.74) is 4.07. The third-order valence-corrected chi connectivity index (χ3v) is 10.4. The third kappa shape index (κ3) is 4.38. The number of alkyl halides is 3. The Labute approximate surface area is 135 Å². The molecule has 1 unspecified atom stereocenters. The number of rotatable bonds is 4. The fourth-order valence-electron chi connectivity index (χ4n) is 1.76. The van der Waals surface area contributed by atoms with Gasteiger partial charge >= 0.3 is 6.18 Å². The molecule has 1 atom stereocenters. The van der Waals surface area contributed by atoms with Crippen molar-refractivity contribution in [2.75, 3.05) is 12.3 Å². The zero-order valence-corrected chi connectivity index (χ0v) is 15.4. The van der Waals surface area contributed by atoms with E-state index in [0.29, 0.717) is 5.56 Å². The number of ether oxygens (including phenoxy) is 1. The monoisotopic (exact) mass is 350 g/mol. The highest BCUT2D eigenvalue weighted by Gasteiger charge is 2.42. The molecule has 1 aromatic rings. The van der Waals surface area contributed by atoms with Crippen LogP contribution in [0.15, 0.2) is 6.07 Å². The normalized spacial score (nSPS) is 14.7. The quantitative estimate of drug-likeness (QED) is 0.811. The predicted octanol–water partition coefficient (Wildman–Crippen LogP) is 3.78. The van der Waals surface area contributed by atoms with Gasteiger partial charge < -0.3 is 15.6 Å². The first-order valence-corrected chi connectivity index (χ1v) is 10.4. The molecule has 8 heteroatoms. The molecule has 1 heterocycles. The Kier molecular flexibility index (Phi) is 5.42. The van der Waals surface area contributed by atoms with Gasteiger partial charge in [-0.05, 0) is 18.0 Å². The van der Waals surface area contributed by atoms with Gasteiger partial charge in [-0.15, -0.1) is 0 Å². The Morgan fingerprint density at radius 3 is 2.26 bits per heavy atom. The molecule has 1 rings (SSSR count). The Balaban J connectivity index is 3.00. The van der Waals surface area contributed by atoms with Crippen LogP contribution in [0.5, 0.6) is 5.88 Å². The van der Waals surface area contributed by atoms with Crippen LogP contribution in [0.1, 0.15) is 32.0 Å². The third-order valence-electron chi connectivity index (χ3n) is 4.70. The average molecular weight is 350 g/mol. The van der Waals surface area contributed by atoms with Crippen LogP contribution in [0.25, 0.3) is 0 Å². The first kappa shape index (κ1) is 19.8. The number of nitrogen functional groups attached to an aromatic ring is 1. The minimum absolute atomic E-state index is 0.0378. The largest absolute Gasteiger partial charge is 0.475 e. The van der Waals surface area contributed by atoms with E-state index in [-0.39, 0.29) is 23.2 Å². The van der Waals surface area contributed by atoms with E-state index in [1.165, 1.54) is 6.92 Å². The van der Waals surface area contributed by atoms with Crippen LogP contribution in [0.3, 0.4) is 0 Å². The van der Waals surface area contributed by atoms with E-state index < -0.39 is 25.7 Å². The maximum atomic E-state index is 12.8. The Morgan fingerprint density at radius 2 is 1.83 bits per heavy atom. The number of halogens is 3. The molecule has 0 radical (unpaired) electrons. The Morgan fingerprint density at radius 1 is 1.30 bits per heavy atom. The first-order chi connectivity index (χ1) is 10.2. The van der Waals surface area contributed by atoms with Crippen LogP contribution < -0.4 is 10.5 Å². The average Bonchev–Trinajstić information content (AvgIpc) is 2.37. The molecule has 1 aromatic heterocycles. The molecule has 0 spiro atoms. The summed E-state index contributed by atoms with van der Waals surface area (Å²) in [5, 5.41) is 10.3. The summed E-state index contributed by atoms with van der Waals surface area (Å²) < 4.78 is 43.8. The smallest absolute Gasteiger partial charge is 0.433 e. The lowest BCUT2D eigenvalue weighted by Crippen LogP contribution is -2.52. The van der Waals surface area contributed by atoms with Gasteiger partial charge in [-0.3, -0.25) is 0 Å². The zero-order chi connectivity index (χ0) is 18.2. The summed E-state index contributed by atoms with van der Waals surface area (Å²) in [4.78, 5) is 3.50. The van der Waals surface area contributed by atoms with Crippen molar-refractivity contribution in [2.24, 2.45) is 0 Å². The van der Waals surface area contributed by atoms with E-state index in [9.17, 15) is 18.3 Å². The number of hydrogen-bond donors (Lipinski definition) is 2. The van der Waals surface area contributed by atoms with Crippen LogP contribution in [-0.2, 0) is 6.18 Å². The molecule has 0 fully saturated rings. The summed E-state index contributed by atoms with van der Waals surface area (Å²) >= 11 is 0. The van der Waals surface area contributed by atoms with Gasteiger partial charge in [0.1, 0.15) is 6.61 Å². The number of aliphatic hydroxyl groups is 1. The molecule has 0 aliphatic rings. The maximum Gasteiger partial charge on any atom is 0.433 e. The molecule has 132 valence electrons. The number of aromatic nitrogens is 1. The van der Waals surface area contributed by atoms with E-state index in [4.69, 9.17) is 10.5 Å². The molecule has 0 bridgehead atoms. The van der Waals surface area contributed by atoms with Gasteiger partial charge in [-0.2, -0.15) is 13.2 Å². The van der Waals surface area contributed by atoms with Gasteiger partial charge in [0, 0.05) is 11.3 Å². The molecular weight excluding hydrogens is 325 g/mol. The van der Waals surface area contributed by atoms with Crippen molar-refractivity contribution in [3.05, 3.63) is 17.3 Å². The van der Waals surface area contributed by atoms with Crippen LogP contribution >= 0.6 is 0 Å². The molecule has 0 saturated carbocycles. The standard InChI is InChI=1S/C15H25F3N2O2Si/c1-9-10(19)7-11(15(16,17)18)20-13(9)22-8-12(21)23(5,6)14(2,3)4/h7,12,21H,8H2,1-6H3,(H2,19,20). The summed E-state index contributed by atoms with van der Waals surface area (Å²) in [6.45, 7) is 11.6. The molecule has 23 heavy (non-hydrogen) atoms. The van der Waals surface area contributed by atoms with Gasteiger partial charge in [0.05, 0.1) is 13.8 Å². The second kappa shape index (κ2) is 6.31. The molecule has 0 amide bonds. The molecule has 0 aliphatic carbocycles. The van der Waals surface area contributed by atoms with Gasteiger partial charge in [0.15, 0.2) is 5.69 Å². The molecule has 0 aromatic carbocycles. The van der Waals surface area contributed by atoms with Crippen LogP contribution in [0.4, 0.5) is 18.9 Å². The fraction of sp³-hybridized carbons (Fsp3) is 0.667. The van der Waals surface area contributed by atoms with E-state index in [1.807, 2.05) is 33.9 Å². The topological polar surface area (TPSA) is 68.4 Å². The highest BCUT2D eigenvalue weighted by atomic mass is 28.3. The maximum absolute atomic E-state index is 12.8. The highest BCUT2D eigenvalue weighted by molar-refractivity contribution is 6.81. The van der Waals surface area contributed by atoms with Crippen molar-refractivity contribution >= 4 is 13.8 Å². The zero-order valence-electron chi connectivity index (χ0n) is 14.4. The lowest BCUT2D eigenvalue weighted by atomic mass is 10.2. The van der Waals surface area contributed by atoms with E-state index >= 15 is 0 Å². The van der Waals surface area contributed by atoms with E-state index in [1.54, 1.807) is 0 Å². The van der Waals surface area contributed by atoms with E-state index in [2.05, 4.69) is 4.98 Å². The van der Waals surface area contributed by atoms with Crippen molar-refractivity contribution in [2.45, 2.75) is 57.7 Å². The van der Waals surface area contributed by atoms with Crippen molar-refractivity contribution in [3.8, 4) is 5.88 Å². The molecule has 0 aliphatic heterocycles.